The molecule has 2 aliphatic rings. The highest BCUT2D eigenvalue weighted by Gasteiger charge is 2.27. The van der Waals surface area contributed by atoms with Crippen LogP contribution in [0.3, 0.4) is 0 Å². The lowest BCUT2D eigenvalue weighted by atomic mass is 10.0. The van der Waals surface area contributed by atoms with Crippen LogP contribution in [0.1, 0.15) is 36.9 Å². The molecule has 0 bridgehead atoms. The van der Waals surface area contributed by atoms with E-state index >= 15 is 0 Å². The van der Waals surface area contributed by atoms with Gasteiger partial charge in [-0.2, -0.15) is 5.10 Å². The van der Waals surface area contributed by atoms with Gasteiger partial charge in [0, 0.05) is 31.2 Å². The summed E-state index contributed by atoms with van der Waals surface area (Å²) >= 11 is 0. The Morgan fingerprint density at radius 1 is 1.19 bits per heavy atom. The van der Waals surface area contributed by atoms with Crippen LogP contribution < -0.4 is 5.32 Å². The smallest absolute Gasteiger partial charge is 0.127 e. The van der Waals surface area contributed by atoms with E-state index in [1.807, 2.05) is 11.6 Å². The Morgan fingerprint density at radius 3 is 2.52 bits per heavy atom. The van der Waals surface area contributed by atoms with E-state index in [1.54, 1.807) is 0 Å². The summed E-state index contributed by atoms with van der Waals surface area (Å²) in [6.07, 6.45) is 5.29. The second kappa shape index (κ2) is 6.36. The molecule has 2 heterocycles. The van der Waals surface area contributed by atoms with Gasteiger partial charge in [0.1, 0.15) is 5.82 Å². The first-order valence-electron chi connectivity index (χ1n) is 8.31. The second-order valence-electron chi connectivity index (χ2n) is 6.67. The minimum atomic E-state index is 0.134. The van der Waals surface area contributed by atoms with Crippen LogP contribution in [-0.2, 0) is 6.54 Å². The summed E-state index contributed by atoms with van der Waals surface area (Å²) < 4.78 is 1.92. The molecule has 0 amide bonds. The number of piperidine rings is 1. The number of aryl methyl sites for hydroxylation is 1. The molecule has 2 fully saturated rings. The number of aromatic nitrogens is 2. The standard InChI is InChI=1S/C16H28N4O/c1-12-13(2)18-20(9-10-21)16(12)17-15-5-7-19(8-6-15)11-14-3-4-14/h14-15,17,21H,3-11H2,1-2H3. The van der Waals surface area contributed by atoms with E-state index in [2.05, 4.69) is 22.2 Å². The summed E-state index contributed by atoms with van der Waals surface area (Å²) in [6, 6.07) is 0.535. The Hall–Kier alpha value is -1.07. The fraction of sp³-hybridized carbons (Fsp3) is 0.812. The molecule has 0 spiro atoms. The molecule has 5 nitrogen and oxygen atoms in total. The third kappa shape index (κ3) is 3.58. The fourth-order valence-corrected chi connectivity index (χ4v) is 3.23. The Balaban J connectivity index is 1.56. The molecular weight excluding hydrogens is 264 g/mol. The van der Waals surface area contributed by atoms with Crippen molar-refractivity contribution in [3.05, 3.63) is 11.3 Å². The van der Waals surface area contributed by atoms with Crippen LogP contribution in [0.4, 0.5) is 5.82 Å². The van der Waals surface area contributed by atoms with E-state index in [1.165, 1.54) is 50.9 Å². The van der Waals surface area contributed by atoms with Crippen molar-refractivity contribution in [2.24, 2.45) is 5.92 Å². The predicted octanol–water partition coefficient (Wildman–Crippen LogP) is 1.78. The zero-order valence-electron chi connectivity index (χ0n) is 13.3. The highest BCUT2D eigenvalue weighted by atomic mass is 16.3. The van der Waals surface area contributed by atoms with E-state index < -0.39 is 0 Å². The number of likely N-dealkylation sites (tertiary alicyclic amines) is 1. The van der Waals surface area contributed by atoms with E-state index in [0.29, 0.717) is 12.6 Å². The molecule has 0 atom stereocenters. The Bertz CT molecular complexity index is 473. The van der Waals surface area contributed by atoms with Gasteiger partial charge in [0.15, 0.2) is 0 Å². The molecule has 21 heavy (non-hydrogen) atoms. The first kappa shape index (κ1) is 14.9. The summed E-state index contributed by atoms with van der Waals surface area (Å²) in [6.45, 7) is 8.58. The summed E-state index contributed by atoms with van der Waals surface area (Å²) in [4.78, 5) is 2.62. The van der Waals surface area contributed by atoms with Gasteiger partial charge in [0.2, 0.25) is 0 Å². The predicted molar refractivity (Wildman–Crippen MR) is 84.6 cm³/mol. The van der Waals surface area contributed by atoms with Gasteiger partial charge in [-0.1, -0.05) is 0 Å². The number of aliphatic hydroxyl groups excluding tert-OH is 1. The van der Waals surface area contributed by atoms with Crippen molar-refractivity contribution in [3.63, 3.8) is 0 Å². The van der Waals surface area contributed by atoms with Crippen LogP contribution in [0.15, 0.2) is 0 Å². The lowest BCUT2D eigenvalue weighted by Crippen LogP contribution is -2.40. The van der Waals surface area contributed by atoms with Gasteiger partial charge in [0.25, 0.3) is 0 Å². The van der Waals surface area contributed by atoms with Gasteiger partial charge in [-0.05, 0) is 45.4 Å². The van der Waals surface area contributed by atoms with Crippen molar-refractivity contribution in [2.75, 3.05) is 31.6 Å². The van der Waals surface area contributed by atoms with E-state index in [-0.39, 0.29) is 6.61 Å². The van der Waals surface area contributed by atoms with Gasteiger partial charge >= 0.3 is 0 Å². The van der Waals surface area contributed by atoms with Crippen molar-refractivity contribution in [3.8, 4) is 0 Å². The number of hydrogen-bond acceptors (Lipinski definition) is 4. The highest BCUT2D eigenvalue weighted by Crippen LogP contribution is 2.31. The van der Waals surface area contributed by atoms with Gasteiger partial charge in [-0.3, -0.25) is 0 Å². The first-order chi connectivity index (χ1) is 10.2. The zero-order valence-corrected chi connectivity index (χ0v) is 13.3. The molecule has 5 heteroatoms. The van der Waals surface area contributed by atoms with Crippen LogP contribution in [0.2, 0.25) is 0 Å². The molecule has 1 aliphatic carbocycles. The maximum Gasteiger partial charge on any atom is 0.127 e. The molecule has 1 aromatic rings. The number of rotatable bonds is 6. The van der Waals surface area contributed by atoms with Crippen molar-refractivity contribution in [2.45, 2.75) is 52.1 Å². The molecule has 118 valence electrons. The summed E-state index contributed by atoms with van der Waals surface area (Å²) in [5.41, 5.74) is 2.26. The Labute approximate surface area is 127 Å². The molecular formula is C16H28N4O. The van der Waals surface area contributed by atoms with Gasteiger partial charge in [-0.15, -0.1) is 0 Å². The average molecular weight is 292 g/mol. The summed E-state index contributed by atoms with van der Waals surface area (Å²) in [5.74, 6) is 2.09. The lowest BCUT2D eigenvalue weighted by molar-refractivity contribution is 0.210. The third-order valence-corrected chi connectivity index (χ3v) is 4.88. The summed E-state index contributed by atoms with van der Waals surface area (Å²) in [5, 5.41) is 17.4. The van der Waals surface area contributed by atoms with Crippen LogP contribution in [0, 0.1) is 19.8 Å². The first-order valence-corrected chi connectivity index (χ1v) is 8.31. The minimum Gasteiger partial charge on any atom is -0.394 e. The molecule has 3 rings (SSSR count). The second-order valence-corrected chi connectivity index (χ2v) is 6.67. The topological polar surface area (TPSA) is 53.3 Å². The third-order valence-electron chi connectivity index (χ3n) is 4.88. The molecule has 1 aromatic heterocycles. The van der Waals surface area contributed by atoms with Crippen LogP contribution >= 0.6 is 0 Å². The highest BCUT2D eigenvalue weighted by molar-refractivity contribution is 5.47. The molecule has 1 saturated carbocycles. The van der Waals surface area contributed by atoms with Crippen LogP contribution in [-0.4, -0.2) is 52.1 Å². The van der Waals surface area contributed by atoms with E-state index in [4.69, 9.17) is 0 Å². The van der Waals surface area contributed by atoms with Crippen molar-refractivity contribution < 1.29 is 5.11 Å². The van der Waals surface area contributed by atoms with E-state index in [0.717, 1.165) is 17.4 Å². The molecule has 0 aromatic carbocycles. The van der Waals surface area contributed by atoms with Crippen molar-refractivity contribution in [1.82, 2.24) is 14.7 Å². The Morgan fingerprint density at radius 2 is 1.90 bits per heavy atom. The monoisotopic (exact) mass is 292 g/mol. The van der Waals surface area contributed by atoms with E-state index in [9.17, 15) is 5.11 Å². The number of hydrogen-bond donors (Lipinski definition) is 2. The van der Waals surface area contributed by atoms with Crippen LogP contribution in [0.25, 0.3) is 0 Å². The largest absolute Gasteiger partial charge is 0.394 e. The van der Waals surface area contributed by atoms with Crippen molar-refractivity contribution in [1.29, 1.82) is 0 Å². The molecule has 0 radical (unpaired) electrons. The van der Waals surface area contributed by atoms with Gasteiger partial charge in [0.05, 0.1) is 18.8 Å². The summed E-state index contributed by atoms with van der Waals surface area (Å²) in [7, 11) is 0. The number of nitrogens with zero attached hydrogens (tertiary/aromatic N) is 3. The SMILES string of the molecule is Cc1nn(CCO)c(NC2CCN(CC3CC3)CC2)c1C. The fourth-order valence-electron chi connectivity index (χ4n) is 3.23. The quantitative estimate of drug-likeness (QED) is 0.839. The molecule has 1 aliphatic heterocycles. The molecule has 0 unspecified atom stereocenters. The average Bonchev–Trinajstić information content (AvgIpc) is 3.25. The number of aliphatic hydroxyl groups is 1. The lowest BCUT2D eigenvalue weighted by Gasteiger charge is -2.33. The number of nitrogens with one attached hydrogen (secondary N) is 1. The van der Waals surface area contributed by atoms with Gasteiger partial charge < -0.3 is 15.3 Å². The Kier molecular flexibility index (Phi) is 4.50. The molecule has 1 saturated heterocycles. The zero-order chi connectivity index (χ0) is 14.8. The normalized spacial score (nSPS) is 20.9. The number of anilines is 1. The van der Waals surface area contributed by atoms with Crippen molar-refractivity contribution >= 4 is 5.82 Å². The maximum atomic E-state index is 9.18. The van der Waals surface area contributed by atoms with Crippen LogP contribution in [0.5, 0.6) is 0 Å². The minimum absolute atomic E-state index is 0.134. The molecule has 2 N–H and O–H groups in total. The maximum absolute atomic E-state index is 9.18. The van der Waals surface area contributed by atoms with Gasteiger partial charge in [-0.25, -0.2) is 4.68 Å².